The molecular weight excluding hydrogens is 769 g/mol. The zero-order chi connectivity index (χ0) is 35.5. The molecule has 0 N–H and O–H groups in total. The van der Waals surface area contributed by atoms with Gasteiger partial charge in [-0.1, -0.05) is 76.9 Å². The topological polar surface area (TPSA) is 0 Å². The largest absolute Gasteiger partial charge is 1.00 e. The van der Waals surface area contributed by atoms with Crippen molar-refractivity contribution in [1.29, 1.82) is 0 Å². The summed E-state index contributed by atoms with van der Waals surface area (Å²) < 4.78 is 78.2. The van der Waals surface area contributed by atoms with Crippen LogP contribution in [0.4, 0.5) is 26.3 Å². The van der Waals surface area contributed by atoms with E-state index in [2.05, 4.69) is 96.2 Å². The molecule has 0 bridgehead atoms. The molecule has 5 aromatic rings. The fourth-order valence-corrected chi connectivity index (χ4v) is 6.38. The third-order valence-electron chi connectivity index (χ3n) is 8.03. The minimum Gasteiger partial charge on any atom is -1.00 e. The Morgan fingerprint density at radius 3 is 1.32 bits per heavy atom. The van der Waals surface area contributed by atoms with Crippen LogP contribution in [0, 0.1) is 6.08 Å². The first-order valence-electron chi connectivity index (χ1n) is 15.6. The summed E-state index contributed by atoms with van der Waals surface area (Å²) in [5.41, 5.74) is 0.901. The zero-order valence-electron chi connectivity index (χ0n) is 28.6. The molecule has 1 aliphatic rings. The van der Waals surface area contributed by atoms with Crippen molar-refractivity contribution >= 4 is 24.8 Å². The molecule has 0 radical (unpaired) electrons. The third-order valence-corrected chi connectivity index (χ3v) is 9.35. The number of benzene rings is 4. The van der Waals surface area contributed by atoms with Crippen molar-refractivity contribution in [3.05, 3.63) is 149 Å². The molecule has 0 saturated carbocycles. The van der Waals surface area contributed by atoms with Crippen LogP contribution in [0.1, 0.15) is 81.3 Å². The first-order chi connectivity index (χ1) is 22.3. The van der Waals surface area contributed by atoms with E-state index in [1.807, 2.05) is 12.2 Å². The van der Waals surface area contributed by atoms with E-state index in [-0.39, 0.29) is 50.0 Å². The molecule has 50 heavy (non-hydrogen) atoms. The van der Waals surface area contributed by atoms with Gasteiger partial charge in [-0.25, -0.2) is 12.2 Å². The van der Waals surface area contributed by atoms with Crippen LogP contribution in [-0.4, -0.2) is 3.21 Å². The fraction of sp³-hybridized carbons (Fsp3) is 0.268. The molecular formula is C41H38Cl2F6Zr-2. The third kappa shape index (κ3) is 10.8. The Hall–Kier alpha value is -2.86. The van der Waals surface area contributed by atoms with Crippen LogP contribution in [-0.2, 0) is 47.4 Å². The fourth-order valence-electron chi connectivity index (χ4n) is 5.31. The maximum absolute atomic E-state index is 13.0. The quantitative estimate of drug-likeness (QED) is 0.142. The minimum atomic E-state index is -4.62. The maximum atomic E-state index is 13.0. The number of hydrogen-bond donors (Lipinski definition) is 0. The van der Waals surface area contributed by atoms with E-state index in [9.17, 15) is 26.3 Å². The Balaban J connectivity index is 0.000000293. The van der Waals surface area contributed by atoms with Gasteiger partial charge < -0.3 is 24.8 Å². The number of alkyl halides is 6. The summed E-state index contributed by atoms with van der Waals surface area (Å²) in [6, 6.07) is 25.5. The maximum Gasteiger partial charge on any atom is -0.109 e. The molecule has 0 saturated heterocycles. The van der Waals surface area contributed by atoms with Gasteiger partial charge in [0.25, 0.3) is 0 Å². The van der Waals surface area contributed by atoms with Gasteiger partial charge in [0.2, 0.25) is 0 Å². The van der Waals surface area contributed by atoms with Crippen LogP contribution in [0.3, 0.4) is 0 Å². The second-order valence-electron chi connectivity index (χ2n) is 13.7. The standard InChI is InChI=1S/C21H25.C15H8F6.C5H5.2ClH.Zr/c1-20(2,3)16-9-7-14-11-15-8-10-17(21(4,5)6)13-19(15)18(14)12-16;16-14(17,18)12-7-3-1-5-10(12)9-11-6-2-4-8-13(11)15(19,20)21;1-2-4-5-3-1;;;/h7-13H,1-6H3;1-8H;1-3H,4H2;2*1H;/q-1;;-1;;;+2/p-2. The van der Waals surface area contributed by atoms with Crippen LogP contribution < -0.4 is 24.8 Å². The Kier molecular flexibility index (Phi) is 14.8. The van der Waals surface area contributed by atoms with Crippen molar-refractivity contribution in [3.63, 3.8) is 0 Å². The molecule has 6 rings (SSSR count). The predicted molar refractivity (Wildman–Crippen MR) is 182 cm³/mol. The average Bonchev–Trinajstić information content (AvgIpc) is 3.71. The first-order valence-corrected chi connectivity index (χ1v) is 16.8. The number of fused-ring (bicyclic) bond motifs is 3. The summed E-state index contributed by atoms with van der Waals surface area (Å²) in [6.07, 6.45) is 0.761. The zero-order valence-corrected chi connectivity index (χ0v) is 32.6. The van der Waals surface area contributed by atoms with E-state index in [1.54, 1.807) is 0 Å². The summed E-state index contributed by atoms with van der Waals surface area (Å²) in [4.78, 5) is 0. The number of rotatable bonds is 2. The molecule has 0 heterocycles. The molecule has 0 atom stereocenters. The van der Waals surface area contributed by atoms with E-state index in [1.165, 1.54) is 69.1 Å². The molecule has 0 amide bonds. The van der Waals surface area contributed by atoms with Crippen LogP contribution in [0.5, 0.6) is 0 Å². The summed E-state index contributed by atoms with van der Waals surface area (Å²) in [5, 5.41) is 5.49. The van der Waals surface area contributed by atoms with Gasteiger partial charge in [0.05, 0.1) is 0 Å². The Morgan fingerprint density at radius 1 is 0.620 bits per heavy atom. The second-order valence-corrected chi connectivity index (χ2v) is 14.9. The van der Waals surface area contributed by atoms with Gasteiger partial charge in [0.15, 0.2) is 0 Å². The van der Waals surface area contributed by atoms with Crippen LogP contribution >= 0.6 is 0 Å². The summed E-state index contributed by atoms with van der Waals surface area (Å²) >= 11 is 0.473. The van der Waals surface area contributed by atoms with Gasteiger partial charge in [-0.3, -0.25) is 6.08 Å². The molecule has 9 heteroatoms. The van der Waals surface area contributed by atoms with Gasteiger partial charge >= 0.3 is 137 Å². The van der Waals surface area contributed by atoms with Crippen molar-refractivity contribution in [2.45, 2.75) is 71.1 Å². The van der Waals surface area contributed by atoms with Crippen molar-refractivity contribution in [1.82, 2.24) is 0 Å². The van der Waals surface area contributed by atoms with Crippen LogP contribution in [0.2, 0.25) is 0 Å². The molecule has 0 fully saturated rings. The predicted octanol–water partition coefficient (Wildman–Crippen LogP) is 6.46. The van der Waals surface area contributed by atoms with Gasteiger partial charge in [-0.2, -0.15) is 6.08 Å². The molecule has 0 nitrogen and oxygen atoms in total. The number of allylic oxidation sites excluding steroid dienone is 4. The molecule has 0 aromatic heterocycles. The SMILES string of the molecule is CC(C)(C)c1ccc2[cH-]c3ccc(C(C)(C)C)cc3c2c1.FC(F)(F)c1ccccc1[C](=[Zr+2])c1ccccc1C(F)(F)F.[C-]1=CC=CC1.[Cl-].[Cl-]. The van der Waals surface area contributed by atoms with Crippen molar-refractivity contribution < 1.29 is 75.4 Å². The van der Waals surface area contributed by atoms with Crippen molar-refractivity contribution in [3.8, 4) is 0 Å². The summed E-state index contributed by atoms with van der Waals surface area (Å²) in [6.45, 7) is 13.7. The summed E-state index contributed by atoms with van der Waals surface area (Å²) in [5.74, 6) is 0. The van der Waals surface area contributed by atoms with E-state index < -0.39 is 23.5 Å². The summed E-state index contributed by atoms with van der Waals surface area (Å²) in [7, 11) is 0. The molecule has 0 unspecified atom stereocenters. The smallest absolute Gasteiger partial charge is 0.109 e. The van der Waals surface area contributed by atoms with E-state index in [0.717, 1.165) is 18.6 Å². The van der Waals surface area contributed by atoms with Crippen molar-refractivity contribution in [2.75, 3.05) is 0 Å². The normalized spacial score (nSPS) is 12.8. The van der Waals surface area contributed by atoms with Gasteiger partial charge in [0.1, 0.15) is 0 Å². The van der Waals surface area contributed by atoms with E-state index in [4.69, 9.17) is 0 Å². The van der Waals surface area contributed by atoms with Crippen molar-refractivity contribution in [2.24, 2.45) is 0 Å². The molecule has 1 aliphatic carbocycles. The Morgan fingerprint density at radius 2 is 1.02 bits per heavy atom. The Bertz CT molecular complexity index is 1830. The first kappa shape index (κ1) is 43.3. The van der Waals surface area contributed by atoms with Gasteiger partial charge in [0, 0.05) is 0 Å². The van der Waals surface area contributed by atoms with E-state index in [0.29, 0.717) is 24.2 Å². The molecule has 0 aliphatic heterocycles. The number of hydrogen-bond acceptors (Lipinski definition) is 0. The van der Waals surface area contributed by atoms with Crippen LogP contribution in [0.15, 0.2) is 109 Å². The van der Waals surface area contributed by atoms with Gasteiger partial charge in [-0.15, -0.1) is 46.2 Å². The average molecular weight is 807 g/mol. The molecule has 0 spiro atoms. The Labute approximate surface area is 318 Å². The van der Waals surface area contributed by atoms with Gasteiger partial charge in [-0.05, 0) is 10.8 Å². The number of halogens is 8. The van der Waals surface area contributed by atoms with E-state index >= 15 is 0 Å². The minimum absolute atomic E-state index is 0. The molecule has 264 valence electrons. The van der Waals surface area contributed by atoms with Crippen LogP contribution in [0.25, 0.3) is 21.5 Å². The second kappa shape index (κ2) is 17.1. The monoisotopic (exact) mass is 804 g/mol. The molecule has 5 aromatic carbocycles.